The molecule has 0 aromatic heterocycles. The summed E-state index contributed by atoms with van der Waals surface area (Å²) in [6.07, 6.45) is 0.742. The standard InChI is InChI=1S/C16H15FN2/c17-16-3-1-2-14(9-16)15(11-19)8-12-4-6-13(10-18)7-5-12/h1-7,9,15H,8,11,19H2. The summed E-state index contributed by atoms with van der Waals surface area (Å²) in [6.45, 7) is 0.462. The molecule has 0 heterocycles. The summed E-state index contributed by atoms with van der Waals surface area (Å²) in [6, 6.07) is 16.0. The van der Waals surface area contributed by atoms with Crippen LogP contribution in [-0.4, -0.2) is 6.54 Å². The minimum absolute atomic E-state index is 0.0867. The predicted molar refractivity (Wildman–Crippen MR) is 73.1 cm³/mol. The molecule has 2 N–H and O–H groups in total. The average molecular weight is 254 g/mol. The summed E-state index contributed by atoms with van der Waals surface area (Å²) in [5, 5.41) is 8.75. The molecule has 2 aromatic carbocycles. The number of nitrogens with zero attached hydrogens (tertiary/aromatic N) is 1. The van der Waals surface area contributed by atoms with Gasteiger partial charge >= 0.3 is 0 Å². The fourth-order valence-electron chi connectivity index (χ4n) is 2.10. The lowest BCUT2D eigenvalue weighted by atomic mass is 9.92. The van der Waals surface area contributed by atoms with Gasteiger partial charge in [0.2, 0.25) is 0 Å². The third-order valence-corrected chi connectivity index (χ3v) is 3.17. The van der Waals surface area contributed by atoms with Crippen molar-refractivity contribution in [3.05, 3.63) is 71.0 Å². The Morgan fingerprint density at radius 1 is 1.16 bits per heavy atom. The summed E-state index contributed by atoms with van der Waals surface area (Å²) in [4.78, 5) is 0. The maximum atomic E-state index is 13.2. The highest BCUT2D eigenvalue weighted by Crippen LogP contribution is 2.21. The first-order chi connectivity index (χ1) is 9.22. The van der Waals surface area contributed by atoms with E-state index in [9.17, 15) is 4.39 Å². The smallest absolute Gasteiger partial charge is 0.123 e. The van der Waals surface area contributed by atoms with Crippen LogP contribution in [0.15, 0.2) is 48.5 Å². The Morgan fingerprint density at radius 3 is 2.47 bits per heavy atom. The SMILES string of the molecule is N#Cc1ccc(CC(CN)c2cccc(F)c2)cc1. The van der Waals surface area contributed by atoms with Crippen molar-refractivity contribution in [2.24, 2.45) is 5.73 Å². The van der Waals surface area contributed by atoms with E-state index in [1.807, 2.05) is 18.2 Å². The molecule has 1 unspecified atom stereocenters. The lowest BCUT2D eigenvalue weighted by molar-refractivity contribution is 0.616. The van der Waals surface area contributed by atoms with Gasteiger partial charge in [0.15, 0.2) is 0 Å². The van der Waals surface area contributed by atoms with Crippen molar-refractivity contribution in [1.82, 2.24) is 0 Å². The van der Waals surface area contributed by atoms with Gasteiger partial charge in [-0.1, -0.05) is 24.3 Å². The molecule has 96 valence electrons. The Labute approximate surface area is 112 Å². The summed E-state index contributed by atoms with van der Waals surface area (Å²) < 4.78 is 13.2. The van der Waals surface area contributed by atoms with Crippen LogP contribution in [0.3, 0.4) is 0 Å². The topological polar surface area (TPSA) is 49.8 Å². The second-order valence-electron chi connectivity index (χ2n) is 4.50. The molecule has 0 bridgehead atoms. The summed E-state index contributed by atoms with van der Waals surface area (Å²) in [5.74, 6) is -0.153. The van der Waals surface area contributed by atoms with Crippen molar-refractivity contribution in [1.29, 1.82) is 5.26 Å². The van der Waals surface area contributed by atoms with Gasteiger partial charge in [-0.15, -0.1) is 0 Å². The van der Waals surface area contributed by atoms with E-state index in [-0.39, 0.29) is 11.7 Å². The Hall–Kier alpha value is -2.18. The monoisotopic (exact) mass is 254 g/mol. The van der Waals surface area contributed by atoms with Crippen LogP contribution in [0.2, 0.25) is 0 Å². The highest BCUT2D eigenvalue weighted by Gasteiger charge is 2.11. The van der Waals surface area contributed by atoms with Crippen molar-refractivity contribution in [3.8, 4) is 6.07 Å². The summed E-state index contributed by atoms with van der Waals surface area (Å²) >= 11 is 0. The molecule has 0 saturated carbocycles. The fourth-order valence-corrected chi connectivity index (χ4v) is 2.10. The minimum Gasteiger partial charge on any atom is -0.330 e. The lowest BCUT2D eigenvalue weighted by Crippen LogP contribution is -2.15. The van der Waals surface area contributed by atoms with Gasteiger partial charge in [-0.05, 0) is 48.4 Å². The van der Waals surface area contributed by atoms with Gasteiger partial charge in [0, 0.05) is 5.92 Å². The molecule has 2 rings (SSSR count). The molecule has 19 heavy (non-hydrogen) atoms. The van der Waals surface area contributed by atoms with Crippen LogP contribution < -0.4 is 5.73 Å². The third kappa shape index (κ3) is 3.40. The first-order valence-electron chi connectivity index (χ1n) is 6.17. The Kier molecular flexibility index (Phi) is 4.27. The first kappa shape index (κ1) is 13.3. The van der Waals surface area contributed by atoms with E-state index < -0.39 is 0 Å². The lowest BCUT2D eigenvalue weighted by Gasteiger charge is -2.15. The van der Waals surface area contributed by atoms with Crippen molar-refractivity contribution >= 4 is 0 Å². The molecule has 0 saturated heterocycles. The van der Waals surface area contributed by atoms with Crippen LogP contribution in [0.25, 0.3) is 0 Å². The van der Waals surface area contributed by atoms with Gasteiger partial charge in [0.05, 0.1) is 11.6 Å². The van der Waals surface area contributed by atoms with Gasteiger partial charge < -0.3 is 5.73 Å². The number of nitrogens with two attached hydrogens (primary N) is 1. The first-order valence-corrected chi connectivity index (χ1v) is 6.17. The van der Waals surface area contributed by atoms with Gasteiger partial charge in [-0.25, -0.2) is 4.39 Å². The largest absolute Gasteiger partial charge is 0.330 e. The predicted octanol–water partition coefficient (Wildman–Crippen LogP) is 2.98. The molecule has 1 atom stereocenters. The van der Waals surface area contributed by atoms with Gasteiger partial charge in [0.25, 0.3) is 0 Å². The van der Waals surface area contributed by atoms with E-state index in [4.69, 9.17) is 11.0 Å². The van der Waals surface area contributed by atoms with E-state index in [1.54, 1.807) is 18.2 Å². The van der Waals surface area contributed by atoms with E-state index in [2.05, 4.69) is 6.07 Å². The minimum atomic E-state index is -0.240. The molecule has 2 nitrogen and oxygen atoms in total. The number of halogens is 1. The third-order valence-electron chi connectivity index (χ3n) is 3.17. The van der Waals surface area contributed by atoms with E-state index >= 15 is 0 Å². The van der Waals surface area contributed by atoms with E-state index in [1.165, 1.54) is 12.1 Å². The molecule has 0 aliphatic rings. The molecule has 0 radical (unpaired) electrons. The van der Waals surface area contributed by atoms with Crippen LogP contribution >= 0.6 is 0 Å². The highest BCUT2D eigenvalue weighted by molar-refractivity contribution is 5.33. The molecule has 0 fully saturated rings. The molecule has 3 heteroatoms. The Balaban J connectivity index is 2.17. The van der Waals surface area contributed by atoms with Crippen LogP contribution in [0.4, 0.5) is 4.39 Å². The average Bonchev–Trinajstić information content (AvgIpc) is 2.45. The Bertz CT molecular complexity index is 584. The van der Waals surface area contributed by atoms with Crippen molar-refractivity contribution in [2.45, 2.75) is 12.3 Å². The van der Waals surface area contributed by atoms with Gasteiger partial charge in [-0.3, -0.25) is 0 Å². The molecular weight excluding hydrogens is 239 g/mol. The van der Waals surface area contributed by atoms with E-state index in [0.29, 0.717) is 12.1 Å². The van der Waals surface area contributed by atoms with Crippen LogP contribution in [0.5, 0.6) is 0 Å². The molecule has 0 amide bonds. The molecule has 0 aliphatic carbocycles. The Morgan fingerprint density at radius 2 is 1.89 bits per heavy atom. The second-order valence-corrected chi connectivity index (χ2v) is 4.50. The number of benzene rings is 2. The molecule has 0 spiro atoms. The van der Waals surface area contributed by atoms with Crippen molar-refractivity contribution in [3.63, 3.8) is 0 Å². The maximum Gasteiger partial charge on any atom is 0.123 e. The van der Waals surface area contributed by atoms with Crippen molar-refractivity contribution < 1.29 is 4.39 Å². The zero-order valence-corrected chi connectivity index (χ0v) is 10.5. The highest BCUT2D eigenvalue weighted by atomic mass is 19.1. The van der Waals surface area contributed by atoms with Crippen molar-refractivity contribution in [2.75, 3.05) is 6.54 Å². The second kappa shape index (κ2) is 6.12. The summed E-state index contributed by atoms with van der Waals surface area (Å²) in [7, 11) is 0. The zero-order valence-electron chi connectivity index (χ0n) is 10.5. The normalized spacial score (nSPS) is 11.8. The van der Waals surface area contributed by atoms with Gasteiger partial charge in [-0.2, -0.15) is 5.26 Å². The quantitative estimate of drug-likeness (QED) is 0.911. The molecule has 2 aromatic rings. The molecular formula is C16H15FN2. The van der Waals surface area contributed by atoms with E-state index in [0.717, 1.165) is 17.5 Å². The fraction of sp³-hybridized carbons (Fsp3) is 0.188. The van der Waals surface area contributed by atoms with Gasteiger partial charge in [0.1, 0.15) is 5.82 Å². The summed E-state index contributed by atoms with van der Waals surface area (Å²) in [5.41, 5.74) is 8.43. The maximum absolute atomic E-state index is 13.2. The van der Waals surface area contributed by atoms with Crippen LogP contribution in [0.1, 0.15) is 22.6 Å². The zero-order chi connectivity index (χ0) is 13.7. The number of rotatable bonds is 4. The number of hydrogen-bond acceptors (Lipinski definition) is 2. The number of nitriles is 1. The molecule has 0 aliphatic heterocycles. The van der Waals surface area contributed by atoms with Crippen LogP contribution in [0, 0.1) is 17.1 Å². The number of hydrogen-bond donors (Lipinski definition) is 1. The van der Waals surface area contributed by atoms with Crippen LogP contribution in [-0.2, 0) is 6.42 Å².